The fourth-order valence-corrected chi connectivity index (χ4v) is 3.17. The average Bonchev–Trinajstić information content (AvgIpc) is 3.15. The standard InChI is InChI=1S/C21H22FNO3/c1-14(24)19-7-6-18(22)12-20(19)16-2-4-17(5-3-16)21(25)23-10-8-15-9-11-26-13-15/h2-7,12,15H,8-11,13H2,1H3,(H,23,25)/t15-/m1/s1. The number of Topliss-reactive ketones (excluding diaryl/α,β-unsaturated/α-hetero) is 1. The van der Waals surface area contributed by atoms with Crippen LogP contribution in [0.15, 0.2) is 42.5 Å². The van der Waals surface area contributed by atoms with Gasteiger partial charge >= 0.3 is 0 Å². The molecular weight excluding hydrogens is 333 g/mol. The van der Waals surface area contributed by atoms with E-state index in [4.69, 9.17) is 4.74 Å². The second kappa shape index (κ2) is 8.23. The summed E-state index contributed by atoms with van der Waals surface area (Å²) in [6.45, 7) is 3.65. The van der Waals surface area contributed by atoms with Crippen LogP contribution in [0.5, 0.6) is 0 Å². The lowest BCUT2D eigenvalue weighted by Gasteiger charge is -2.10. The van der Waals surface area contributed by atoms with Crippen LogP contribution in [0.3, 0.4) is 0 Å². The van der Waals surface area contributed by atoms with E-state index in [2.05, 4.69) is 5.32 Å². The third kappa shape index (κ3) is 4.35. The molecule has 0 aliphatic carbocycles. The monoisotopic (exact) mass is 355 g/mol. The summed E-state index contributed by atoms with van der Waals surface area (Å²) in [5, 5.41) is 2.92. The van der Waals surface area contributed by atoms with E-state index in [0.717, 1.165) is 26.1 Å². The molecule has 1 heterocycles. The first-order chi connectivity index (χ1) is 12.5. The van der Waals surface area contributed by atoms with E-state index < -0.39 is 5.82 Å². The van der Waals surface area contributed by atoms with E-state index in [1.165, 1.54) is 25.1 Å². The normalized spacial score (nSPS) is 16.5. The van der Waals surface area contributed by atoms with Crippen LogP contribution in [0.2, 0.25) is 0 Å². The van der Waals surface area contributed by atoms with Crippen molar-refractivity contribution in [3.8, 4) is 11.1 Å². The van der Waals surface area contributed by atoms with Crippen LogP contribution in [0.1, 0.15) is 40.5 Å². The Labute approximate surface area is 152 Å². The zero-order chi connectivity index (χ0) is 18.5. The molecule has 0 radical (unpaired) electrons. The van der Waals surface area contributed by atoms with Crippen molar-refractivity contribution in [3.05, 3.63) is 59.4 Å². The predicted octanol–water partition coefficient (Wildman–Crippen LogP) is 3.85. The molecule has 1 amide bonds. The van der Waals surface area contributed by atoms with Gasteiger partial charge in [0.25, 0.3) is 5.91 Å². The molecule has 136 valence electrons. The molecule has 0 unspecified atom stereocenters. The van der Waals surface area contributed by atoms with E-state index in [-0.39, 0.29) is 11.7 Å². The lowest BCUT2D eigenvalue weighted by Crippen LogP contribution is -2.26. The molecule has 26 heavy (non-hydrogen) atoms. The Morgan fingerprint density at radius 1 is 1.19 bits per heavy atom. The number of benzene rings is 2. The van der Waals surface area contributed by atoms with Crippen LogP contribution < -0.4 is 5.32 Å². The number of ketones is 1. The van der Waals surface area contributed by atoms with Crippen molar-refractivity contribution in [1.82, 2.24) is 5.32 Å². The van der Waals surface area contributed by atoms with Gasteiger partial charge in [0.15, 0.2) is 5.78 Å². The van der Waals surface area contributed by atoms with Crippen LogP contribution in [0.25, 0.3) is 11.1 Å². The molecule has 2 aromatic rings. The van der Waals surface area contributed by atoms with Gasteiger partial charge in [0, 0.05) is 30.9 Å². The molecule has 3 rings (SSSR count). The first-order valence-corrected chi connectivity index (χ1v) is 8.81. The lowest BCUT2D eigenvalue weighted by atomic mass is 9.96. The zero-order valence-corrected chi connectivity index (χ0v) is 14.8. The lowest BCUT2D eigenvalue weighted by molar-refractivity contribution is 0.0949. The highest BCUT2D eigenvalue weighted by atomic mass is 19.1. The van der Waals surface area contributed by atoms with Gasteiger partial charge in [0.1, 0.15) is 5.82 Å². The molecule has 1 N–H and O–H groups in total. The van der Waals surface area contributed by atoms with Gasteiger partial charge in [0.05, 0.1) is 0 Å². The number of nitrogens with one attached hydrogen (secondary N) is 1. The summed E-state index contributed by atoms with van der Waals surface area (Å²) >= 11 is 0. The number of carbonyl (C=O) groups excluding carboxylic acids is 2. The number of hydrogen-bond acceptors (Lipinski definition) is 3. The summed E-state index contributed by atoms with van der Waals surface area (Å²) in [4.78, 5) is 24.0. The van der Waals surface area contributed by atoms with Crippen LogP contribution in [0.4, 0.5) is 4.39 Å². The van der Waals surface area contributed by atoms with Gasteiger partial charge < -0.3 is 10.1 Å². The first kappa shape index (κ1) is 18.3. The SMILES string of the molecule is CC(=O)c1ccc(F)cc1-c1ccc(C(=O)NCC[C@@H]2CCOC2)cc1. The van der Waals surface area contributed by atoms with E-state index in [9.17, 15) is 14.0 Å². The van der Waals surface area contributed by atoms with Gasteiger partial charge in [-0.1, -0.05) is 12.1 Å². The van der Waals surface area contributed by atoms with E-state index in [0.29, 0.717) is 34.7 Å². The maximum absolute atomic E-state index is 13.6. The number of halogens is 1. The summed E-state index contributed by atoms with van der Waals surface area (Å²) in [7, 11) is 0. The van der Waals surface area contributed by atoms with Crippen molar-refractivity contribution >= 4 is 11.7 Å². The van der Waals surface area contributed by atoms with Gasteiger partial charge in [-0.05, 0) is 67.1 Å². The van der Waals surface area contributed by atoms with Crippen LogP contribution in [-0.4, -0.2) is 31.4 Å². The quantitative estimate of drug-likeness (QED) is 0.801. The third-order valence-electron chi connectivity index (χ3n) is 4.68. The van der Waals surface area contributed by atoms with Crippen LogP contribution in [0, 0.1) is 11.7 Å². The molecule has 1 saturated heterocycles. The number of hydrogen-bond donors (Lipinski definition) is 1. The Kier molecular flexibility index (Phi) is 5.78. The molecule has 1 aliphatic rings. The van der Waals surface area contributed by atoms with E-state index in [1.807, 2.05) is 0 Å². The second-order valence-corrected chi connectivity index (χ2v) is 6.60. The van der Waals surface area contributed by atoms with E-state index in [1.54, 1.807) is 24.3 Å². The van der Waals surface area contributed by atoms with Gasteiger partial charge in [-0.15, -0.1) is 0 Å². The van der Waals surface area contributed by atoms with Crippen molar-refractivity contribution in [2.75, 3.05) is 19.8 Å². The van der Waals surface area contributed by atoms with Crippen molar-refractivity contribution in [1.29, 1.82) is 0 Å². The summed E-state index contributed by atoms with van der Waals surface area (Å²) in [6.07, 6.45) is 1.96. The molecule has 1 atom stereocenters. The largest absolute Gasteiger partial charge is 0.381 e. The number of rotatable bonds is 6. The van der Waals surface area contributed by atoms with Crippen molar-refractivity contribution in [2.45, 2.75) is 19.8 Å². The number of ether oxygens (including phenoxy) is 1. The maximum Gasteiger partial charge on any atom is 0.251 e. The van der Waals surface area contributed by atoms with Gasteiger partial charge in [0.2, 0.25) is 0 Å². The summed E-state index contributed by atoms with van der Waals surface area (Å²) < 4.78 is 18.9. The smallest absolute Gasteiger partial charge is 0.251 e. The highest BCUT2D eigenvalue weighted by Crippen LogP contribution is 2.25. The molecular formula is C21H22FNO3. The first-order valence-electron chi connectivity index (χ1n) is 8.81. The zero-order valence-electron chi connectivity index (χ0n) is 14.8. The summed E-state index contributed by atoms with van der Waals surface area (Å²) in [5.74, 6) is -0.141. The molecule has 0 spiro atoms. The fraction of sp³-hybridized carbons (Fsp3) is 0.333. The van der Waals surface area contributed by atoms with Crippen molar-refractivity contribution < 1.29 is 18.7 Å². The Balaban J connectivity index is 1.67. The average molecular weight is 355 g/mol. The van der Waals surface area contributed by atoms with Crippen molar-refractivity contribution in [3.63, 3.8) is 0 Å². The minimum atomic E-state index is -0.400. The molecule has 2 aromatic carbocycles. The van der Waals surface area contributed by atoms with Crippen LogP contribution >= 0.6 is 0 Å². The molecule has 1 aliphatic heterocycles. The van der Waals surface area contributed by atoms with Gasteiger partial charge in [-0.25, -0.2) is 4.39 Å². The minimum Gasteiger partial charge on any atom is -0.381 e. The molecule has 0 saturated carbocycles. The minimum absolute atomic E-state index is 0.127. The molecule has 4 nitrogen and oxygen atoms in total. The molecule has 0 bridgehead atoms. The molecule has 5 heteroatoms. The third-order valence-corrected chi connectivity index (χ3v) is 4.68. The highest BCUT2D eigenvalue weighted by Gasteiger charge is 2.16. The Bertz CT molecular complexity index is 795. The van der Waals surface area contributed by atoms with Gasteiger partial charge in [-0.2, -0.15) is 0 Å². The summed E-state index contributed by atoms with van der Waals surface area (Å²) in [6, 6.07) is 11.0. The Morgan fingerprint density at radius 3 is 2.62 bits per heavy atom. The number of amides is 1. The Hall–Kier alpha value is -2.53. The van der Waals surface area contributed by atoms with Crippen LogP contribution in [-0.2, 0) is 4.74 Å². The number of carbonyl (C=O) groups is 2. The molecule has 1 fully saturated rings. The Morgan fingerprint density at radius 2 is 1.96 bits per heavy atom. The maximum atomic E-state index is 13.6. The van der Waals surface area contributed by atoms with E-state index >= 15 is 0 Å². The second-order valence-electron chi connectivity index (χ2n) is 6.60. The molecule has 0 aromatic heterocycles. The topological polar surface area (TPSA) is 55.4 Å². The highest BCUT2D eigenvalue weighted by molar-refractivity contribution is 6.01. The van der Waals surface area contributed by atoms with Gasteiger partial charge in [-0.3, -0.25) is 9.59 Å². The van der Waals surface area contributed by atoms with Crippen molar-refractivity contribution in [2.24, 2.45) is 5.92 Å². The predicted molar refractivity (Wildman–Crippen MR) is 97.7 cm³/mol. The fourth-order valence-electron chi connectivity index (χ4n) is 3.17. The summed E-state index contributed by atoms with van der Waals surface area (Å²) in [5.41, 5.74) is 2.24.